The van der Waals surface area contributed by atoms with Crippen LogP contribution in [0.4, 0.5) is 0 Å². The van der Waals surface area contributed by atoms with E-state index in [2.05, 4.69) is 48.4 Å². The maximum atomic E-state index is 4.36. The Morgan fingerprint density at radius 3 is 2.94 bits per heavy atom. The van der Waals surface area contributed by atoms with E-state index in [0.717, 1.165) is 23.6 Å². The normalized spacial score (nSPS) is 12.8. The molecule has 0 spiro atoms. The fourth-order valence-corrected chi connectivity index (χ4v) is 2.85. The number of nitrogens with zero attached hydrogens (tertiary/aromatic N) is 1. The summed E-state index contributed by atoms with van der Waals surface area (Å²) in [5.41, 5.74) is 2.43. The van der Waals surface area contributed by atoms with Crippen molar-refractivity contribution in [2.24, 2.45) is 0 Å². The van der Waals surface area contributed by atoms with E-state index in [1.54, 1.807) is 0 Å². The first-order valence-corrected chi connectivity index (χ1v) is 7.66. The zero-order valence-corrected chi connectivity index (χ0v) is 11.8. The van der Waals surface area contributed by atoms with Crippen molar-refractivity contribution in [1.82, 2.24) is 10.3 Å². The van der Waals surface area contributed by atoms with Crippen LogP contribution in [0.3, 0.4) is 0 Å². The van der Waals surface area contributed by atoms with Crippen LogP contribution in [0.25, 0.3) is 10.9 Å². The second-order valence-corrected chi connectivity index (χ2v) is 5.54. The number of hydrogen-bond donors (Lipinski definition) is 1. The van der Waals surface area contributed by atoms with Crippen molar-refractivity contribution in [1.29, 1.82) is 0 Å². The predicted octanol–water partition coefficient (Wildman–Crippen LogP) is 3.64. The van der Waals surface area contributed by atoms with Gasteiger partial charge in [0.1, 0.15) is 0 Å². The first-order chi connectivity index (χ1) is 8.85. The highest BCUT2D eigenvalue weighted by Crippen LogP contribution is 2.22. The molecule has 0 aliphatic rings. The molecular weight excluding hydrogens is 240 g/mol. The van der Waals surface area contributed by atoms with Gasteiger partial charge in [-0.3, -0.25) is 4.98 Å². The summed E-state index contributed by atoms with van der Waals surface area (Å²) < 4.78 is 0. The summed E-state index contributed by atoms with van der Waals surface area (Å²) in [5, 5.41) is 4.78. The number of rotatable bonds is 6. The van der Waals surface area contributed by atoms with Crippen LogP contribution < -0.4 is 5.32 Å². The molecule has 2 nitrogen and oxygen atoms in total. The van der Waals surface area contributed by atoms with E-state index in [1.165, 1.54) is 10.9 Å². The highest BCUT2D eigenvalue weighted by molar-refractivity contribution is 7.99. The summed E-state index contributed by atoms with van der Waals surface area (Å²) in [6.45, 7) is 5.37. The Morgan fingerprint density at radius 1 is 1.28 bits per heavy atom. The highest BCUT2D eigenvalue weighted by atomic mass is 32.2. The second-order valence-electron chi connectivity index (χ2n) is 4.23. The van der Waals surface area contributed by atoms with E-state index >= 15 is 0 Å². The Kier molecular flexibility index (Phi) is 5.02. The van der Waals surface area contributed by atoms with Gasteiger partial charge in [-0.05, 0) is 36.1 Å². The summed E-state index contributed by atoms with van der Waals surface area (Å²) in [6, 6.07) is 11.1. The van der Waals surface area contributed by atoms with Gasteiger partial charge in [0.25, 0.3) is 0 Å². The van der Waals surface area contributed by atoms with Gasteiger partial charge in [0.05, 0.1) is 5.52 Å². The molecule has 0 saturated carbocycles. The van der Waals surface area contributed by atoms with Gasteiger partial charge in [-0.25, -0.2) is 0 Å². The van der Waals surface area contributed by atoms with E-state index in [1.807, 2.05) is 24.0 Å². The molecule has 1 heterocycles. The fraction of sp³-hybridized carbons (Fsp3) is 0.400. The van der Waals surface area contributed by atoms with Gasteiger partial charge < -0.3 is 5.32 Å². The van der Waals surface area contributed by atoms with E-state index in [0.29, 0.717) is 6.04 Å². The van der Waals surface area contributed by atoms with Crippen LogP contribution >= 0.6 is 11.8 Å². The third-order valence-electron chi connectivity index (χ3n) is 2.97. The smallest absolute Gasteiger partial charge is 0.0702 e. The standard InChI is InChI=1S/C15H20N2S/c1-3-16-15(11-18-4-2)13-7-8-14-12(10-13)6-5-9-17-14/h5-10,15-16H,3-4,11H2,1-2H3. The SMILES string of the molecule is CCNC(CSCC)c1ccc2ncccc2c1. The van der Waals surface area contributed by atoms with Gasteiger partial charge in [0, 0.05) is 23.4 Å². The van der Waals surface area contributed by atoms with E-state index < -0.39 is 0 Å². The molecule has 18 heavy (non-hydrogen) atoms. The molecule has 1 N–H and O–H groups in total. The zero-order valence-electron chi connectivity index (χ0n) is 11.0. The third-order valence-corrected chi connectivity index (χ3v) is 3.95. The van der Waals surface area contributed by atoms with Crippen molar-refractivity contribution in [2.45, 2.75) is 19.9 Å². The summed E-state index contributed by atoms with van der Waals surface area (Å²) in [5.74, 6) is 2.28. The molecule has 2 rings (SSSR count). The van der Waals surface area contributed by atoms with Crippen LogP contribution in [0.1, 0.15) is 25.5 Å². The lowest BCUT2D eigenvalue weighted by atomic mass is 10.1. The van der Waals surface area contributed by atoms with Crippen LogP contribution in [0, 0.1) is 0 Å². The summed E-state index contributed by atoms with van der Waals surface area (Å²) >= 11 is 1.98. The van der Waals surface area contributed by atoms with Crippen LogP contribution in [0.15, 0.2) is 36.5 Å². The average Bonchev–Trinajstić information content (AvgIpc) is 2.43. The number of thioether (sulfide) groups is 1. The average molecular weight is 260 g/mol. The van der Waals surface area contributed by atoms with E-state index in [9.17, 15) is 0 Å². The second kappa shape index (κ2) is 6.76. The highest BCUT2D eigenvalue weighted by Gasteiger charge is 2.10. The quantitative estimate of drug-likeness (QED) is 0.858. The predicted molar refractivity (Wildman–Crippen MR) is 81.2 cm³/mol. The lowest BCUT2D eigenvalue weighted by Gasteiger charge is -2.18. The zero-order chi connectivity index (χ0) is 12.8. The first-order valence-electron chi connectivity index (χ1n) is 6.51. The minimum absolute atomic E-state index is 0.435. The Hall–Kier alpha value is -1.06. The number of fused-ring (bicyclic) bond motifs is 1. The summed E-state index contributed by atoms with van der Waals surface area (Å²) in [7, 11) is 0. The molecule has 0 aliphatic heterocycles. The van der Waals surface area contributed by atoms with Gasteiger partial charge in [-0.2, -0.15) is 11.8 Å². The van der Waals surface area contributed by atoms with Crippen molar-refractivity contribution in [3.63, 3.8) is 0 Å². The monoisotopic (exact) mass is 260 g/mol. The number of nitrogens with one attached hydrogen (secondary N) is 1. The maximum Gasteiger partial charge on any atom is 0.0702 e. The maximum absolute atomic E-state index is 4.36. The van der Waals surface area contributed by atoms with Gasteiger partial charge >= 0.3 is 0 Å². The Morgan fingerprint density at radius 2 is 2.17 bits per heavy atom. The minimum atomic E-state index is 0.435. The van der Waals surface area contributed by atoms with Gasteiger partial charge in [0.15, 0.2) is 0 Å². The van der Waals surface area contributed by atoms with Crippen LogP contribution in [0.2, 0.25) is 0 Å². The van der Waals surface area contributed by atoms with Gasteiger partial charge in [-0.15, -0.1) is 0 Å². The van der Waals surface area contributed by atoms with Crippen molar-refractivity contribution in [2.75, 3.05) is 18.1 Å². The summed E-state index contributed by atoms with van der Waals surface area (Å²) in [6.07, 6.45) is 1.84. The van der Waals surface area contributed by atoms with Crippen LogP contribution in [-0.4, -0.2) is 23.0 Å². The molecule has 0 aliphatic carbocycles. The largest absolute Gasteiger partial charge is 0.310 e. The fourth-order valence-electron chi connectivity index (χ4n) is 2.07. The first kappa shape index (κ1) is 13.4. The molecule has 96 valence electrons. The van der Waals surface area contributed by atoms with E-state index in [-0.39, 0.29) is 0 Å². The molecule has 2 aromatic rings. The molecule has 0 saturated heterocycles. The lowest BCUT2D eigenvalue weighted by molar-refractivity contribution is 0.606. The number of pyridine rings is 1. The van der Waals surface area contributed by atoms with Crippen molar-refractivity contribution >= 4 is 22.7 Å². The van der Waals surface area contributed by atoms with Crippen molar-refractivity contribution in [3.05, 3.63) is 42.1 Å². The Labute approximate surface area is 113 Å². The number of hydrogen-bond acceptors (Lipinski definition) is 3. The van der Waals surface area contributed by atoms with E-state index in [4.69, 9.17) is 0 Å². The topological polar surface area (TPSA) is 24.9 Å². The van der Waals surface area contributed by atoms with Gasteiger partial charge in [-0.1, -0.05) is 26.0 Å². The molecule has 3 heteroatoms. The number of benzene rings is 1. The molecule has 1 unspecified atom stereocenters. The molecule has 0 fully saturated rings. The lowest BCUT2D eigenvalue weighted by Crippen LogP contribution is -2.23. The Bertz CT molecular complexity index is 499. The minimum Gasteiger partial charge on any atom is -0.310 e. The molecule has 1 aromatic heterocycles. The van der Waals surface area contributed by atoms with Crippen LogP contribution in [0.5, 0.6) is 0 Å². The summed E-state index contributed by atoms with van der Waals surface area (Å²) in [4.78, 5) is 4.36. The third kappa shape index (κ3) is 3.24. The van der Waals surface area contributed by atoms with Crippen molar-refractivity contribution < 1.29 is 0 Å². The van der Waals surface area contributed by atoms with Crippen molar-refractivity contribution in [3.8, 4) is 0 Å². The molecule has 1 aromatic carbocycles. The number of aromatic nitrogens is 1. The Balaban J connectivity index is 2.25. The molecule has 0 bridgehead atoms. The molecule has 0 amide bonds. The molecule has 1 atom stereocenters. The van der Waals surface area contributed by atoms with Crippen LogP contribution in [-0.2, 0) is 0 Å². The molecular formula is C15H20N2S. The van der Waals surface area contributed by atoms with Gasteiger partial charge in [0.2, 0.25) is 0 Å². The molecule has 0 radical (unpaired) electrons.